The van der Waals surface area contributed by atoms with Gasteiger partial charge in [0.05, 0.1) is 11.4 Å². The standard InChI is InChI=1S/C13H13N3O2/c1-16-7-6-9(8-12(16)17)13(18)15-11-5-3-2-4-10(11)14/h2-8H,14H2,1H3,(H,15,18). The molecule has 1 aromatic carbocycles. The molecule has 2 aromatic rings. The number of hydrogen-bond acceptors (Lipinski definition) is 3. The van der Waals surface area contributed by atoms with Gasteiger partial charge in [-0.2, -0.15) is 0 Å². The van der Waals surface area contributed by atoms with E-state index in [1.165, 1.54) is 10.6 Å². The number of hydrogen-bond donors (Lipinski definition) is 2. The van der Waals surface area contributed by atoms with Crippen LogP contribution in [0.5, 0.6) is 0 Å². The number of anilines is 2. The summed E-state index contributed by atoms with van der Waals surface area (Å²) < 4.78 is 1.40. The molecule has 1 heterocycles. The summed E-state index contributed by atoms with van der Waals surface area (Å²) in [5.41, 5.74) is 6.81. The summed E-state index contributed by atoms with van der Waals surface area (Å²) in [6.07, 6.45) is 1.55. The summed E-state index contributed by atoms with van der Waals surface area (Å²) in [6, 6.07) is 9.82. The SMILES string of the molecule is Cn1ccc(C(=O)Nc2ccccc2N)cc1=O. The van der Waals surface area contributed by atoms with Gasteiger partial charge in [0.1, 0.15) is 0 Å². The average molecular weight is 243 g/mol. The summed E-state index contributed by atoms with van der Waals surface area (Å²) in [5, 5.41) is 2.66. The second kappa shape index (κ2) is 4.75. The first-order valence-corrected chi connectivity index (χ1v) is 5.40. The molecular weight excluding hydrogens is 230 g/mol. The summed E-state index contributed by atoms with van der Waals surface area (Å²) in [6.45, 7) is 0. The molecule has 18 heavy (non-hydrogen) atoms. The number of amides is 1. The summed E-state index contributed by atoms with van der Waals surface area (Å²) in [4.78, 5) is 23.3. The maximum Gasteiger partial charge on any atom is 0.255 e. The van der Waals surface area contributed by atoms with Gasteiger partial charge in [-0.3, -0.25) is 9.59 Å². The molecule has 92 valence electrons. The molecule has 1 aromatic heterocycles. The molecule has 0 aliphatic rings. The third kappa shape index (κ3) is 2.40. The number of aryl methyl sites for hydroxylation is 1. The lowest BCUT2D eigenvalue weighted by Crippen LogP contribution is -2.20. The van der Waals surface area contributed by atoms with Crippen LogP contribution in [0.15, 0.2) is 47.4 Å². The molecule has 0 fully saturated rings. The second-order valence-electron chi connectivity index (χ2n) is 3.91. The van der Waals surface area contributed by atoms with Crippen molar-refractivity contribution >= 4 is 17.3 Å². The minimum absolute atomic E-state index is 0.233. The molecule has 0 aliphatic heterocycles. The Bertz CT molecular complexity index is 647. The molecule has 0 spiro atoms. The molecule has 5 heteroatoms. The Hall–Kier alpha value is -2.56. The van der Waals surface area contributed by atoms with E-state index in [2.05, 4.69) is 5.32 Å². The van der Waals surface area contributed by atoms with E-state index in [1.807, 2.05) is 0 Å². The number of aromatic nitrogens is 1. The monoisotopic (exact) mass is 243 g/mol. The first kappa shape index (κ1) is 11.9. The molecule has 0 aliphatic carbocycles. The molecule has 3 N–H and O–H groups in total. The van der Waals surface area contributed by atoms with Crippen LogP contribution in [0.4, 0.5) is 11.4 Å². The van der Waals surface area contributed by atoms with Gasteiger partial charge in [-0.05, 0) is 18.2 Å². The number of nitrogen functional groups attached to an aromatic ring is 1. The number of nitrogens with one attached hydrogen (secondary N) is 1. The first-order chi connectivity index (χ1) is 8.58. The minimum atomic E-state index is -0.356. The number of para-hydroxylation sites is 2. The van der Waals surface area contributed by atoms with Crippen LogP contribution < -0.4 is 16.6 Å². The molecule has 0 saturated carbocycles. The van der Waals surface area contributed by atoms with Crippen LogP contribution in [0.2, 0.25) is 0 Å². The first-order valence-electron chi connectivity index (χ1n) is 5.40. The Kier molecular flexibility index (Phi) is 3.14. The van der Waals surface area contributed by atoms with E-state index >= 15 is 0 Å². The molecule has 0 atom stereocenters. The van der Waals surface area contributed by atoms with Crippen LogP contribution in [0.25, 0.3) is 0 Å². The molecule has 0 bridgehead atoms. The van der Waals surface area contributed by atoms with Crippen molar-refractivity contribution < 1.29 is 4.79 Å². The van der Waals surface area contributed by atoms with Crippen molar-refractivity contribution in [3.8, 4) is 0 Å². The van der Waals surface area contributed by atoms with Crippen LogP contribution in [0, 0.1) is 0 Å². The van der Waals surface area contributed by atoms with Crippen molar-refractivity contribution in [2.75, 3.05) is 11.1 Å². The zero-order chi connectivity index (χ0) is 13.1. The lowest BCUT2D eigenvalue weighted by atomic mass is 10.2. The normalized spacial score (nSPS) is 10.1. The van der Waals surface area contributed by atoms with Gasteiger partial charge in [-0.25, -0.2) is 0 Å². The van der Waals surface area contributed by atoms with Crippen LogP contribution in [0.3, 0.4) is 0 Å². The number of rotatable bonds is 2. The highest BCUT2D eigenvalue weighted by molar-refractivity contribution is 6.05. The van der Waals surface area contributed by atoms with E-state index in [9.17, 15) is 9.59 Å². The van der Waals surface area contributed by atoms with Gasteiger partial charge in [0.15, 0.2) is 0 Å². The third-order valence-electron chi connectivity index (χ3n) is 2.58. The fourth-order valence-corrected chi connectivity index (χ4v) is 1.50. The third-order valence-corrected chi connectivity index (χ3v) is 2.58. The molecule has 5 nitrogen and oxygen atoms in total. The highest BCUT2D eigenvalue weighted by Crippen LogP contribution is 2.17. The van der Waals surface area contributed by atoms with Gasteiger partial charge >= 0.3 is 0 Å². The quantitative estimate of drug-likeness (QED) is 0.778. The Morgan fingerprint density at radius 3 is 2.67 bits per heavy atom. The van der Waals surface area contributed by atoms with Gasteiger partial charge < -0.3 is 15.6 Å². The van der Waals surface area contributed by atoms with Crippen molar-refractivity contribution in [3.63, 3.8) is 0 Å². The van der Waals surface area contributed by atoms with E-state index < -0.39 is 0 Å². The molecule has 0 unspecified atom stereocenters. The number of carbonyl (C=O) groups is 1. The topological polar surface area (TPSA) is 77.1 Å². The fourth-order valence-electron chi connectivity index (χ4n) is 1.50. The maximum absolute atomic E-state index is 11.9. The highest BCUT2D eigenvalue weighted by atomic mass is 16.2. The van der Waals surface area contributed by atoms with Gasteiger partial charge in [0, 0.05) is 24.9 Å². The number of nitrogens with zero attached hydrogens (tertiary/aromatic N) is 1. The van der Waals surface area contributed by atoms with Crippen molar-refractivity contribution in [2.24, 2.45) is 7.05 Å². The molecule has 0 saturated heterocycles. The molecular formula is C13H13N3O2. The number of nitrogens with two attached hydrogens (primary N) is 1. The van der Waals surface area contributed by atoms with Gasteiger partial charge in [0.2, 0.25) is 0 Å². The van der Waals surface area contributed by atoms with Gasteiger partial charge in [0.25, 0.3) is 11.5 Å². The van der Waals surface area contributed by atoms with Crippen molar-refractivity contribution in [1.82, 2.24) is 4.57 Å². The predicted molar refractivity (Wildman–Crippen MR) is 70.5 cm³/mol. The Labute approximate surface area is 104 Å². The van der Waals surface area contributed by atoms with Crippen LogP contribution in [0.1, 0.15) is 10.4 Å². The van der Waals surface area contributed by atoms with Gasteiger partial charge in [-0.1, -0.05) is 12.1 Å². The molecule has 2 rings (SSSR count). The van der Waals surface area contributed by atoms with Crippen molar-refractivity contribution in [2.45, 2.75) is 0 Å². The molecule has 1 amide bonds. The largest absolute Gasteiger partial charge is 0.397 e. The second-order valence-corrected chi connectivity index (χ2v) is 3.91. The lowest BCUT2D eigenvalue weighted by molar-refractivity contribution is 0.102. The zero-order valence-electron chi connectivity index (χ0n) is 9.88. The van der Waals surface area contributed by atoms with E-state index in [1.54, 1.807) is 43.6 Å². The number of benzene rings is 1. The summed E-state index contributed by atoms with van der Waals surface area (Å²) >= 11 is 0. The van der Waals surface area contributed by atoms with Crippen molar-refractivity contribution in [1.29, 1.82) is 0 Å². The van der Waals surface area contributed by atoms with E-state index in [0.29, 0.717) is 16.9 Å². The summed E-state index contributed by atoms with van der Waals surface area (Å²) in [7, 11) is 1.62. The maximum atomic E-state index is 11.9. The lowest BCUT2D eigenvalue weighted by Gasteiger charge is -2.07. The average Bonchev–Trinajstić information content (AvgIpc) is 2.35. The van der Waals surface area contributed by atoms with Gasteiger partial charge in [-0.15, -0.1) is 0 Å². The summed E-state index contributed by atoms with van der Waals surface area (Å²) in [5.74, 6) is -0.356. The zero-order valence-corrected chi connectivity index (χ0v) is 9.88. The predicted octanol–water partition coefficient (Wildman–Crippen LogP) is 1.22. The Morgan fingerprint density at radius 2 is 2.00 bits per heavy atom. The smallest absolute Gasteiger partial charge is 0.255 e. The van der Waals surface area contributed by atoms with E-state index in [0.717, 1.165) is 0 Å². The Morgan fingerprint density at radius 1 is 1.28 bits per heavy atom. The Balaban J connectivity index is 2.25. The van der Waals surface area contributed by atoms with E-state index in [-0.39, 0.29) is 11.5 Å². The fraction of sp³-hybridized carbons (Fsp3) is 0.0769. The number of pyridine rings is 1. The highest BCUT2D eigenvalue weighted by Gasteiger charge is 2.08. The van der Waals surface area contributed by atoms with Crippen molar-refractivity contribution in [3.05, 3.63) is 58.5 Å². The van der Waals surface area contributed by atoms with Crippen LogP contribution in [-0.2, 0) is 7.05 Å². The van der Waals surface area contributed by atoms with E-state index in [4.69, 9.17) is 5.73 Å². The van der Waals surface area contributed by atoms with Crippen LogP contribution in [-0.4, -0.2) is 10.5 Å². The molecule has 0 radical (unpaired) electrons. The minimum Gasteiger partial charge on any atom is -0.397 e. The van der Waals surface area contributed by atoms with Crippen LogP contribution >= 0.6 is 0 Å². The number of carbonyl (C=O) groups excluding carboxylic acids is 1.